The highest BCUT2D eigenvalue weighted by Gasteiger charge is 2.35. The van der Waals surface area contributed by atoms with E-state index in [0.717, 1.165) is 29.0 Å². The van der Waals surface area contributed by atoms with E-state index in [2.05, 4.69) is 5.32 Å². The molecule has 1 amide bonds. The monoisotopic (exact) mass is 419 g/mol. The molecule has 1 atom stereocenters. The third kappa shape index (κ3) is 3.12. The van der Waals surface area contributed by atoms with Gasteiger partial charge in [0.05, 0.1) is 10.6 Å². The average molecular weight is 419 g/mol. The second-order valence-electron chi connectivity index (χ2n) is 6.63. The number of halogens is 2. The first-order valence-electron chi connectivity index (χ1n) is 8.45. The van der Waals surface area contributed by atoms with Crippen LogP contribution >= 0.6 is 11.3 Å². The van der Waals surface area contributed by atoms with Crippen LogP contribution in [0.1, 0.15) is 28.3 Å². The van der Waals surface area contributed by atoms with Crippen LogP contribution in [0.15, 0.2) is 57.6 Å². The molecule has 8 heteroatoms. The van der Waals surface area contributed by atoms with E-state index < -0.39 is 33.3 Å². The number of rotatable bonds is 3. The van der Waals surface area contributed by atoms with Gasteiger partial charge in [-0.1, -0.05) is 23.8 Å². The molecule has 4 nitrogen and oxygen atoms in total. The first kappa shape index (κ1) is 18.8. The van der Waals surface area contributed by atoms with E-state index in [1.54, 1.807) is 12.1 Å². The van der Waals surface area contributed by atoms with Crippen molar-refractivity contribution in [1.82, 2.24) is 0 Å². The second-order valence-corrected chi connectivity index (χ2v) is 9.46. The zero-order valence-corrected chi connectivity index (χ0v) is 16.3. The van der Waals surface area contributed by atoms with Gasteiger partial charge in [0.15, 0.2) is 0 Å². The van der Waals surface area contributed by atoms with Gasteiger partial charge < -0.3 is 5.32 Å². The van der Waals surface area contributed by atoms with E-state index in [-0.39, 0.29) is 27.5 Å². The molecule has 28 heavy (non-hydrogen) atoms. The molecule has 2 heterocycles. The van der Waals surface area contributed by atoms with Gasteiger partial charge in [-0.15, -0.1) is 11.3 Å². The van der Waals surface area contributed by atoms with Crippen molar-refractivity contribution < 1.29 is 22.0 Å². The van der Waals surface area contributed by atoms with Crippen molar-refractivity contribution >= 4 is 32.8 Å². The third-order valence-electron chi connectivity index (χ3n) is 4.71. The number of carbonyl (C=O) groups excluding carboxylic acids is 1. The summed E-state index contributed by atoms with van der Waals surface area (Å²) in [5.74, 6) is -2.56. The summed E-state index contributed by atoms with van der Waals surface area (Å²) < 4.78 is 53.7. The first-order valence-corrected chi connectivity index (χ1v) is 10.8. The maximum Gasteiger partial charge on any atom is 0.225 e. The number of thiophene rings is 1. The SMILES string of the molecule is Cc1ccc(S(=O)(=O)c2csc3c2NC(=O)C[C@@H]3c2ccc(F)cc2F)cc1. The lowest BCUT2D eigenvalue weighted by Crippen LogP contribution is -2.24. The van der Waals surface area contributed by atoms with E-state index in [4.69, 9.17) is 0 Å². The van der Waals surface area contributed by atoms with Crippen molar-refractivity contribution in [2.24, 2.45) is 0 Å². The molecule has 0 saturated heterocycles. The Labute approximate surface area is 164 Å². The largest absolute Gasteiger partial charge is 0.324 e. The molecule has 0 unspecified atom stereocenters. The summed E-state index contributed by atoms with van der Waals surface area (Å²) in [5.41, 5.74) is 1.26. The normalized spacial score (nSPS) is 16.5. The molecule has 0 bridgehead atoms. The quantitative estimate of drug-likeness (QED) is 0.673. The lowest BCUT2D eigenvalue weighted by molar-refractivity contribution is -0.116. The Morgan fingerprint density at radius 1 is 1.11 bits per heavy atom. The van der Waals surface area contributed by atoms with E-state index in [1.165, 1.54) is 23.6 Å². The Bertz CT molecular complexity index is 1180. The number of fused-ring (bicyclic) bond motifs is 1. The Morgan fingerprint density at radius 3 is 2.50 bits per heavy atom. The van der Waals surface area contributed by atoms with Crippen LogP contribution in [-0.2, 0) is 14.6 Å². The number of anilines is 1. The topological polar surface area (TPSA) is 63.2 Å². The molecular formula is C20H15F2NO3S2. The third-order valence-corrected chi connectivity index (χ3v) is 7.75. The lowest BCUT2D eigenvalue weighted by Gasteiger charge is -2.24. The number of aryl methyl sites for hydroxylation is 1. The van der Waals surface area contributed by atoms with Gasteiger partial charge in [-0.3, -0.25) is 4.79 Å². The number of benzene rings is 2. The fourth-order valence-electron chi connectivity index (χ4n) is 3.28. The Balaban J connectivity index is 1.84. The lowest BCUT2D eigenvalue weighted by atomic mass is 9.90. The molecule has 144 valence electrons. The van der Waals surface area contributed by atoms with Gasteiger partial charge in [0.2, 0.25) is 15.7 Å². The maximum absolute atomic E-state index is 14.3. The molecule has 0 radical (unpaired) electrons. The Morgan fingerprint density at radius 2 is 1.82 bits per heavy atom. The summed E-state index contributed by atoms with van der Waals surface area (Å²) in [6, 6.07) is 9.60. The minimum atomic E-state index is -3.86. The molecule has 1 aliphatic heterocycles. The molecule has 0 fully saturated rings. The molecule has 1 aliphatic rings. The number of sulfone groups is 1. The van der Waals surface area contributed by atoms with Gasteiger partial charge in [0, 0.05) is 28.7 Å². The molecule has 1 N–H and O–H groups in total. The standard InChI is InChI=1S/C20H15F2NO3S2/c1-11-2-5-13(6-3-11)28(25,26)17-10-27-20-15(9-18(24)23-19(17)20)14-7-4-12(21)8-16(14)22/h2-8,10,15H,9H2,1H3,(H,23,24)/t15-/m1/s1. The van der Waals surface area contributed by atoms with Crippen LogP contribution in [0.4, 0.5) is 14.5 Å². The van der Waals surface area contributed by atoms with Crippen LogP contribution in [0.25, 0.3) is 0 Å². The summed E-state index contributed by atoms with van der Waals surface area (Å²) in [6.07, 6.45) is -0.0416. The summed E-state index contributed by atoms with van der Waals surface area (Å²) in [7, 11) is -3.86. The zero-order valence-electron chi connectivity index (χ0n) is 14.7. The molecule has 0 saturated carbocycles. The summed E-state index contributed by atoms with van der Waals surface area (Å²) in [5, 5.41) is 4.08. The molecule has 2 aromatic carbocycles. The van der Waals surface area contributed by atoms with Crippen molar-refractivity contribution in [2.75, 3.05) is 5.32 Å². The van der Waals surface area contributed by atoms with Crippen molar-refractivity contribution in [3.63, 3.8) is 0 Å². The predicted molar refractivity (Wildman–Crippen MR) is 102 cm³/mol. The second kappa shape index (κ2) is 6.79. The number of carbonyl (C=O) groups is 1. The first-order chi connectivity index (χ1) is 13.3. The van der Waals surface area contributed by atoms with E-state index >= 15 is 0 Å². The summed E-state index contributed by atoms with van der Waals surface area (Å²) in [4.78, 5) is 12.9. The molecule has 0 aliphatic carbocycles. The molecule has 3 aromatic rings. The van der Waals surface area contributed by atoms with Crippen molar-refractivity contribution in [3.8, 4) is 0 Å². The van der Waals surface area contributed by atoms with E-state index in [1.807, 2.05) is 6.92 Å². The Kier molecular flexibility index (Phi) is 4.55. The van der Waals surface area contributed by atoms with Gasteiger partial charge in [-0.2, -0.15) is 0 Å². The minimum absolute atomic E-state index is 0.0167. The van der Waals surface area contributed by atoms with Crippen molar-refractivity contribution in [3.05, 3.63) is 75.5 Å². The van der Waals surface area contributed by atoms with Gasteiger partial charge in [-0.05, 0) is 30.7 Å². The van der Waals surface area contributed by atoms with E-state index in [9.17, 15) is 22.0 Å². The zero-order chi connectivity index (χ0) is 20.1. The van der Waals surface area contributed by atoms with Crippen LogP contribution in [0.2, 0.25) is 0 Å². The fourth-order valence-corrected chi connectivity index (χ4v) is 6.18. The van der Waals surface area contributed by atoms with E-state index in [0.29, 0.717) is 4.88 Å². The van der Waals surface area contributed by atoms with Gasteiger partial charge >= 0.3 is 0 Å². The van der Waals surface area contributed by atoms with Crippen LogP contribution in [0.5, 0.6) is 0 Å². The highest BCUT2D eigenvalue weighted by Crippen LogP contribution is 2.46. The number of nitrogens with one attached hydrogen (secondary N) is 1. The van der Waals surface area contributed by atoms with Crippen molar-refractivity contribution in [2.45, 2.75) is 29.1 Å². The minimum Gasteiger partial charge on any atom is -0.324 e. The summed E-state index contributed by atoms with van der Waals surface area (Å²) >= 11 is 1.14. The highest BCUT2D eigenvalue weighted by molar-refractivity contribution is 7.91. The van der Waals surface area contributed by atoms with Crippen LogP contribution in [0.3, 0.4) is 0 Å². The van der Waals surface area contributed by atoms with Gasteiger partial charge in [-0.25, -0.2) is 17.2 Å². The molecule has 4 rings (SSSR count). The van der Waals surface area contributed by atoms with Gasteiger partial charge in [0.25, 0.3) is 0 Å². The number of hydrogen-bond acceptors (Lipinski definition) is 4. The van der Waals surface area contributed by atoms with Gasteiger partial charge in [0.1, 0.15) is 16.5 Å². The molecular weight excluding hydrogens is 404 g/mol. The van der Waals surface area contributed by atoms with Crippen molar-refractivity contribution in [1.29, 1.82) is 0 Å². The summed E-state index contributed by atoms with van der Waals surface area (Å²) in [6.45, 7) is 1.85. The number of hydrogen-bond donors (Lipinski definition) is 1. The Hall–Kier alpha value is -2.58. The van der Waals surface area contributed by atoms with Crippen LogP contribution in [0, 0.1) is 18.6 Å². The number of amides is 1. The van der Waals surface area contributed by atoms with Crippen LogP contribution in [-0.4, -0.2) is 14.3 Å². The maximum atomic E-state index is 14.3. The predicted octanol–water partition coefficient (Wildman–Crippen LogP) is 4.64. The molecule has 1 aromatic heterocycles. The van der Waals surface area contributed by atoms with Crippen LogP contribution < -0.4 is 5.32 Å². The highest BCUT2D eigenvalue weighted by atomic mass is 32.2. The average Bonchev–Trinajstić information content (AvgIpc) is 3.06. The smallest absolute Gasteiger partial charge is 0.225 e. The fraction of sp³-hybridized carbons (Fsp3) is 0.150. The molecule has 0 spiro atoms.